The largest absolute Gasteiger partial charge is 0.503 e. The van der Waals surface area contributed by atoms with Crippen LogP contribution in [0.25, 0.3) is 21.2 Å². The number of aliphatic hydroxyl groups is 1. The van der Waals surface area contributed by atoms with E-state index in [4.69, 9.17) is 9.15 Å². The highest BCUT2D eigenvalue weighted by atomic mass is 79.9. The van der Waals surface area contributed by atoms with Crippen LogP contribution in [0.4, 0.5) is 5.13 Å². The van der Waals surface area contributed by atoms with Gasteiger partial charge < -0.3 is 14.3 Å². The van der Waals surface area contributed by atoms with Crippen molar-refractivity contribution in [2.45, 2.75) is 13.0 Å². The average Bonchev–Trinajstić information content (AvgIpc) is 3.58. The highest BCUT2D eigenvalue weighted by Crippen LogP contribution is 2.45. The molecule has 0 unspecified atom stereocenters. The highest BCUT2D eigenvalue weighted by Gasteiger charge is 2.46. The quantitative estimate of drug-likeness (QED) is 0.220. The van der Waals surface area contributed by atoms with Crippen molar-refractivity contribution in [2.75, 3.05) is 11.5 Å². The van der Waals surface area contributed by atoms with Crippen LogP contribution in [0.2, 0.25) is 0 Å². The van der Waals surface area contributed by atoms with Crippen LogP contribution in [0.5, 0.6) is 5.75 Å². The monoisotopic (exact) mass is 574 g/mol. The number of ketones is 1. The van der Waals surface area contributed by atoms with Gasteiger partial charge in [0.15, 0.2) is 16.7 Å². The lowest BCUT2D eigenvalue weighted by molar-refractivity contribution is -0.117. The van der Waals surface area contributed by atoms with E-state index in [1.165, 1.54) is 16.2 Å². The number of benzene rings is 3. The third-order valence-corrected chi connectivity index (χ3v) is 7.70. The minimum absolute atomic E-state index is 0.0465. The lowest BCUT2D eigenvalue weighted by Crippen LogP contribution is -2.30. The van der Waals surface area contributed by atoms with Crippen LogP contribution >= 0.6 is 27.3 Å². The topological polar surface area (TPSA) is 92.9 Å². The summed E-state index contributed by atoms with van der Waals surface area (Å²) < 4.78 is 13.1. The van der Waals surface area contributed by atoms with Gasteiger partial charge in [-0.1, -0.05) is 57.6 Å². The minimum atomic E-state index is -0.895. The molecule has 1 aliphatic heterocycles. The molecule has 1 amide bonds. The molecule has 1 atom stereocenters. The van der Waals surface area contributed by atoms with Gasteiger partial charge in [0.1, 0.15) is 11.3 Å². The second-order valence-corrected chi connectivity index (χ2v) is 10.4. The standard InChI is InChI=1S/C28H19BrN2O5S/c1-2-35-18-11-12-19-22(14-18)37-28(30-19)31-24(15-7-9-17(29)10-8-15)23(26(33)27(31)34)25(32)21-13-16-5-3-4-6-20(16)36-21/h3-14,24,33H,2H2,1H3/t24-/m1/s1. The van der Waals surface area contributed by atoms with E-state index < -0.39 is 23.5 Å². The lowest BCUT2D eigenvalue weighted by Gasteiger charge is -2.24. The number of aromatic nitrogens is 1. The molecule has 0 spiro atoms. The summed E-state index contributed by atoms with van der Waals surface area (Å²) in [6.45, 7) is 2.43. The maximum Gasteiger partial charge on any atom is 0.296 e. The molecule has 0 fully saturated rings. The maximum atomic E-state index is 13.8. The number of amides is 1. The van der Waals surface area contributed by atoms with Crippen molar-refractivity contribution in [1.29, 1.82) is 0 Å². The number of ether oxygens (including phenoxy) is 1. The normalized spacial score (nSPS) is 15.8. The zero-order chi connectivity index (χ0) is 25.7. The fourth-order valence-electron chi connectivity index (χ4n) is 4.47. The summed E-state index contributed by atoms with van der Waals surface area (Å²) in [5, 5.41) is 12.2. The first kappa shape index (κ1) is 23.4. The van der Waals surface area contributed by atoms with Crippen molar-refractivity contribution in [2.24, 2.45) is 0 Å². The van der Waals surface area contributed by atoms with Gasteiger partial charge in [-0.3, -0.25) is 14.5 Å². The average molecular weight is 575 g/mol. The minimum Gasteiger partial charge on any atom is -0.503 e. The van der Waals surface area contributed by atoms with Crippen LogP contribution in [0.3, 0.4) is 0 Å². The molecule has 5 aromatic rings. The predicted molar refractivity (Wildman–Crippen MR) is 145 cm³/mol. The number of aliphatic hydroxyl groups excluding tert-OH is 1. The molecule has 3 heterocycles. The zero-order valence-electron chi connectivity index (χ0n) is 19.5. The van der Waals surface area contributed by atoms with E-state index in [1.807, 2.05) is 55.5 Å². The molecule has 1 aliphatic rings. The van der Waals surface area contributed by atoms with Crippen molar-refractivity contribution in [3.63, 3.8) is 0 Å². The van der Waals surface area contributed by atoms with Crippen molar-refractivity contribution >= 4 is 65.3 Å². The van der Waals surface area contributed by atoms with E-state index in [0.717, 1.165) is 14.6 Å². The summed E-state index contributed by atoms with van der Waals surface area (Å²) in [5.41, 5.74) is 1.82. The Balaban J connectivity index is 1.48. The molecule has 37 heavy (non-hydrogen) atoms. The molecule has 0 aliphatic carbocycles. The Morgan fingerprint density at radius 2 is 1.92 bits per heavy atom. The molecule has 184 valence electrons. The van der Waals surface area contributed by atoms with Gasteiger partial charge in [0.05, 0.1) is 28.4 Å². The number of para-hydroxylation sites is 1. The van der Waals surface area contributed by atoms with Crippen LogP contribution in [0.1, 0.15) is 29.1 Å². The number of fused-ring (bicyclic) bond motifs is 2. The van der Waals surface area contributed by atoms with Gasteiger partial charge in [0.25, 0.3) is 5.91 Å². The Kier molecular flexibility index (Phi) is 5.81. The molecule has 7 nitrogen and oxygen atoms in total. The van der Waals surface area contributed by atoms with Crippen molar-refractivity contribution in [3.05, 3.63) is 99.9 Å². The number of anilines is 1. The number of hydrogen-bond donors (Lipinski definition) is 1. The van der Waals surface area contributed by atoms with Crippen LogP contribution in [-0.2, 0) is 4.79 Å². The molecular weight excluding hydrogens is 556 g/mol. The van der Waals surface area contributed by atoms with Crippen LogP contribution in [0.15, 0.2) is 93.0 Å². The lowest BCUT2D eigenvalue weighted by atomic mass is 9.95. The summed E-state index contributed by atoms with van der Waals surface area (Å²) in [6.07, 6.45) is 0. The molecule has 0 saturated heterocycles. The van der Waals surface area contributed by atoms with E-state index in [1.54, 1.807) is 24.3 Å². The summed E-state index contributed by atoms with van der Waals surface area (Å²) in [5.74, 6) is -1.13. The predicted octanol–water partition coefficient (Wildman–Crippen LogP) is 6.99. The molecule has 0 saturated carbocycles. The van der Waals surface area contributed by atoms with Gasteiger partial charge in [-0.25, -0.2) is 4.98 Å². The summed E-state index contributed by atoms with van der Waals surface area (Å²) in [7, 11) is 0. The number of hydrogen-bond acceptors (Lipinski definition) is 7. The second-order valence-electron chi connectivity index (χ2n) is 8.43. The van der Waals surface area contributed by atoms with E-state index in [9.17, 15) is 14.7 Å². The Hall–Kier alpha value is -3.95. The number of Topliss-reactive ketones (excluding diaryl/α,β-unsaturated/α-hetero) is 1. The summed E-state index contributed by atoms with van der Waals surface area (Å²) in [6, 6.07) is 20.7. The molecule has 3 aromatic carbocycles. The van der Waals surface area contributed by atoms with E-state index >= 15 is 0 Å². The number of halogens is 1. The summed E-state index contributed by atoms with van der Waals surface area (Å²) >= 11 is 4.72. The van der Waals surface area contributed by atoms with Crippen molar-refractivity contribution in [1.82, 2.24) is 4.98 Å². The molecule has 2 aromatic heterocycles. The first-order valence-corrected chi connectivity index (χ1v) is 13.1. The fraction of sp³-hybridized carbons (Fsp3) is 0.107. The van der Waals surface area contributed by atoms with Crippen molar-refractivity contribution < 1.29 is 23.8 Å². The molecule has 9 heteroatoms. The first-order valence-electron chi connectivity index (χ1n) is 11.5. The summed E-state index contributed by atoms with van der Waals surface area (Å²) in [4.78, 5) is 33.3. The highest BCUT2D eigenvalue weighted by molar-refractivity contribution is 9.10. The van der Waals surface area contributed by atoms with Crippen LogP contribution in [0, 0.1) is 0 Å². The first-order chi connectivity index (χ1) is 17.9. The van der Waals surface area contributed by atoms with Gasteiger partial charge in [-0.05, 0) is 55.0 Å². The van der Waals surface area contributed by atoms with E-state index in [2.05, 4.69) is 20.9 Å². The van der Waals surface area contributed by atoms with E-state index in [-0.39, 0.29) is 11.3 Å². The zero-order valence-corrected chi connectivity index (χ0v) is 21.9. The van der Waals surface area contributed by atoms with Gasteiger partial charge >= 0.3 is 0 Å². The molecule has 1 N–H and O–H groups in total. The Labute approximate surface area is 223 Å². The number of furan rings is 1. The van der Waals surface area contributed by atoms with Crippen LogP contribution in [-0.4, -0.2) is 28.4 Å². The van der Waals surface area contributed by atoms with Crippen molar-refractivity contribution in [3.8, 4) is 5.75 Å². The smallest absolute Gasteiger partial charge is 0.296 e. The van der Waals surface area contributed by atoms with Gasteiger partial charge in [0.2, 0.25) is 5.78 Å². The molecule has 0 radical (unpaired) electrons. The maximum absolute atomic E-state index is 13.8. The molecular formula is C28H19BrN2O5S. The number of thiazole rings is 1. The molecule has 0 bridgehead atoms. The van der Waals surface area contributed by atoms with E-state index in [0.29, 0.717) is 34.2 Å². The number of carbonyl (C=O) groups excluding carboxylic acids is 2. The molecule has 6 rings (SSSR count). The number of rotatable bonds is 6. The SMILES string of the molecule is CCOc1ccc2nc(N3C(=O)C(O)=C(C(=O)c4cc5ccccc5o4)[C@H]3c3ccc(Br)cc3)sc2c1. The third kappa shape index (κ3) is 4.00. The van der Waals surface area contributed by atoms with Gasteiger partial charge in [-0.15, -0.1) is 0 Å². The van der Waals surface area contributed by atoms with Crippen LogP contribution < -0.4 is 9.64 Å². The third-order valence-electron chi connectivity index (χ3n) is 6.15. The van der Waals surface area contributed by atoms with Gasteiger partial charge in [-0.2, -0.15) is 0 Å². The fourth-order valence-corrected chi connectivity index (χ4v) is 5.76. The Bertz CT molecular complexity index is 1690. The number of carbonyl (C=O) groups is 2. The second kappa shape index (κ2) is 9.17. The Morgan fingerprint density at radius 3 is 2.68 bits per heavy atom. The Morgan fingerprint density at radius 1 is 1.14 bits per heavy atom. The number of nitrogens with zero attached hydrogens (tertiary/aromatic N) is 2. The van der Waals surface area contributed by atoms with Gasteiger partial charge in [0, 0.05) is 9.86 Å².